The normalized spacial score (nSPS) is 11.6. The molecule has 0 unspecified atom stereocenters. The van der Waals surface area contributed by atoms with E-state index in [1.807, 2.05) is 6.92 Å². The molecule has 0 bridgehead atoms. The third-order valence-electron chi connectivity index (χ3n) is 2.18. The minimum Gasteiger partial charge on any atom is -0.381 e. The van der Waals surface area contributed by atoms with Crippen molar-refractivity contribution in [1.82, 2.24) is 15.1 Å². The molecular weight excluding hydrogens is 285 g/mol. The third-order valence-corrected chi connectivity index (χ3v) is 2.55. The summed E-state index contributed by atoms with van der Waals surface area (Å²) in [7, 11) is 0. The number of hydrogen-bond acceptors (Lipinski definition) is 4. The Bertz CT molecular complexity index is 475. The molecule has 0 fully saturated rings. The Morgan fingerprint density at radius 1 is 1.42 bits per heavy atom. The zero-order valence-electron chi connectivity index (χ0n) is 10.2. The van der Waals surface area contributed by atoms with Crippen LogP contribution in [0.3, 0.4) is 0 Å². The molecule has 0 atom stereocenters. The number of nitrogens with zero attached hydrogens (tertiary/aromatic N) is 2. The van der Waals surface area contributed by atoms with E-state index in [-0.39, 0.29) is 15.4 Å². The van der Waals surface area contributed by atoms with Crippen LogP contribution < -0.4 is 16.2 Å². The van der Waals surface area contributed by atoms with Gasteiger partial charge in [-0.25, -0.2) is 4.68 Å². The third kappa shape index (κ3) is 5.07. The van der Waals surface area contributed by atoms with Gasteiger partial charge in [0.25, 0.3) is 5.56 Å². The molecule has 1 aromatic heterocycles. The molecule has 0 aliphatic rings. The number of likely N-dealkylation sites (N-methyl/N-ethyl adjacent to an activating group) is 1. The first-order valence-electron chi connectivity index (χ1n) is 5.62. The summed E-state index contributed by atoms with van der Waals surface area (Å²) in [6.07, 6.45) is -3.40. The van der Waals surface area contributed by atoms with E-state index in [2.05, 4.69) is 15.7 Å². The molecule has 0 amide bonds. The van der Waals surface area contributed by atoms with Crippen molar-refractivity contribution in [2.75, 3.05) is 25.0 Å². The Balaban J connectivity index is 2.77. The molecule has 108 valence electrons. The fourth-order valence-electron chi connectivity index (χ4n) is 1.33. The second-order valence-corrected chi connectivity index (χ2v) is 4.11. The molecule has 0 saturated carbocycles. The standard InChI is InChI=1S/C10H14ClF3N4O/c1-2-15-3-4-16-7-5-17-18(6-10(12,13)14)9(19)8(7)11/h5,15-16H,2-4,6H2,1H3. The maximum absolute atomic E-state index is 12.2. The van der Waals surface area contributed by atoms with E-state index < -0.39 is 18.3 Å². The van der Waals surface area contributed by atoms with E-state index in [4.69, 9.17) is 11.6 Å². The van der Waals surface area contributed by atoms with Gasteiger partial charge in [-0.1, -0.05) is 18.5 Å². The summed E-state index contributed by atoms with van der Waals surface area (Å²) >= 11 is 5.72. The summed E-state index contributed by atoms with van der Waals surface area (Å²) in [5, 5.41) is 9.01. The topological polar surface area (TPSA) is 59.0 Å². The van der Waals surface area contributed by atoms with Gasteiger partial charge in [0, 0.05) is 13.1 Å². The molecule has 0 radical (unpaired) electrons. The van der Waals surface area contributed by atoms with Gasteiger partial charge in [-0.05, 0) is 6.54 Å². The van der Waals surface area contributed by atoms with Gasteiger partial charge in [-0.15, -0.1) is 0 Å². The molecule has 1 aromatic rings. The summed E-state index contributed by atoms with van der Waals surface area (Å²) in [6.45, 7) is 2.40. The van der Waals surface area contributed by atoms with Crippen molar-refractivity contribution in [3.05, 3.63) is 21.6 Å². The van der Waals surface area contributed by atoms with E-state index in [1.54, 1.807) is 0 Å². The van der Waals surface area contributed by atoms with E-state index in [1.165, 1.54) is 0 Å². The average Bonchev–Trinajstić information content (AvgIpc) is 2.31. The smallest absolute Gasteiger partial charge is 0.381 e. The fourth-order valence-corrected chi connectivity index (χ4v) is 1.55. The fraction of sp³-hybridized carbons (Fsp3) is 0.600. The van der Waals surface area contributed by atoms with Crippen molar-refractivity contribution < 1.29 is 13.2 Å². The average molecular weight is 299 g/mol. The number of aromatic nitrogens is 2. The van der Waals surface area contributed by atoms with Crippen molar-refractivity contribution in [3.63, 3.8) is 0 Å². The molecule has 2 N–H and O–H groups in total. The predicted octanol–water partition coefficient (Wildman–Crippen LogP) is 1.48. The van der Waals surface area contributed by atoms with E-state index in [9.17, 15) is 18.0 Å². The molecule has 9 heteroatoms. The first-order chi connectivity index (χ1) is 8.85. The summed E-state index contributed by atoms with van der Waals surface area (Å²) in [4.78, 5) is 11.6. The maximum atomic E-state index is 12.2. The molecule has 0 aliphatic heterocycles. The lowest BCUT2D eigenvalue weighted by Gasteiger charge is -2.11. The number of anilines is 1. The number of rotatable bonds is 6. The van der Waals surface area contributed by atoms with Gasteiger partial charge in [0.2, 0.25) is 0 Å². The molecule has 0 spiro atoms. The van der Waals surface area contributed by atoms with Gasteiger partial charge in [-0.3, -0.25) is 4.79 Å². The predicted molar refractivity (Wildman–Crippen MR) is 66.6 cm³/mol. The highest BCUT2D eigenvalue weighted by molar-refractivity contribution is 6.32. The van der Waals surface area contributed by atoms with Crippen molar-refractivity contribution in [3.8, 4) is 0 Å². The zero-order chi connectivity index (χ0) is 14.5. The van der Waals surface area contributed by atoms with Crippen LogP contribution in [0.4, 0.5) is 18.9 Å². The van der Waals surface area contributed by atoms with E-state index in [0.717, 1.165) is 12.7 Å². The second-order valence-electron chi connectivity index (χ2n) is 3.73. The van der Waals surface area contributed by atoms with Crippen molar-refractivity contribution in [2.45, 2.75) is 19.6 Å². The van der Waals surface area contributed by atoms with Crippen molar-refractivity contribution >= 4 is 17.3 Å². The molecule has 1 rings (SSSR count). The number of halogens is 4. The summed E-state index contributed by atoms with van der Waals surface area (Å²) in [5.41, 5.74) is -0.740. The van der Waals surface area contributed by atoms with E-state index in [0.29, 0.717) is 13.1 Å². The SMILES string of the molecule is CCNCCNc1cnn(CC(F)(F)F)c(=O)c1Cl. The van der Waals surface area contributed by atoms with Gasteiger partial charge in [-0.2, -0.15) is 18.3 Å². The Labute approximate surface area is 112 Å². The zero-order valence-corrected chi connectivity index (χ0v) is 11.0. The molecule has 0 aliphatic carbocycles. The highest BCUT2D eigenvalue weighted by Crippen LogP contribution is 2.18. The van der Waals surface area contributed by atoms with Crippen LogP contribution >= 0.6 is 11.6 Å². The largest absolute Gasteiger partial charge is 0.408 e. The summed E-state index contributed by atoms with van der Waals surface area (Å²) in [5.74, 6) is 0. The number of hydrogen-bond donors (Lipinski definition) is 2. The number of alkyl halides is 3. The maximum Gasteiger partial charge on any atom is 0.408 e. The Kier molecular flexibility index (Phi) is 5.61. The quantitative estimate of drug-likeness (QED) is 0.781. The Morgan fingerprint density at radius 3 is 2.68 bits per heavy atom. The lowest BCUT2D eigenvalue weighted by atomic mass is 10.4. The lowest BCUT2D eigenvalue weighted by molar-refractivity contribution is -0.143. The minimum atomic E-state index is -4.51. The van der Waals surface area contributed by atoms with Gasteiger partial charge in [0.05, 0.1) is 11.9 Å². The van der Waals surface area contributed by atoms with Gasteiger partial charge in [0.1, 0.15) is 11.6 Å². The highest BCUT2D eigenvalue weighted by atomic mass is 35.5. The van der Waals surface area contributed by atoms with Crippen LogP contribution in [0, 0.1) is 0 Å². The molecule has 0 saturated heterocycles. The van der Waals surface area contributed by atoms with Gasteiger partial charge in [0.15, 0.2) is 0 Å². The van der Waals surface area contributed by atoms with Crippen LogP contribution in [0.2, 0.25) is 5.02 Å². The molecule has 19 heavy (non-hydrogen) atoms. The molecule has 5 nitrogen and oxygen atoms in total. The monoisotopic (exact) mass is 298 g/mol. The first-order valence-corrected chi connectivity index (χ1v) is 6.00. The van der Waals surface area contributed by atoms with Crippen molar-refractivity contribution in [2.24, 2.45) is 0 Å². The van der Waals surface area contributed by atoms with Crippen LogP contribution in [0.5, 0.6) is 0 Å². The Morgan fingerprint density at radius 2 is 2.11 bits per heavy atom. The molecule has 0 aromatic carbocycles. The van der Waals surface area contributed by atoms with Crippen molar-refractivity contribution in [1.29, 1.82) is 0 Å². The van der Waals surface area contributed by atoms with Gasteiger partial charge < -0.3 is 10.6 Å². The minimum absolute atomic E-state index is 0.225. The summed E-state index contributed by atoms with van der Waals surface area (Å²) < 4.78 is 36.8. The van der Waals surface area contributed by atoms with Crippen LogP contribution in [-0.2, 0) is 6.54 Å². The van der Waals surface area contributed by atoms with Gasteiger partial charge >= 0.3 is 6.18 Å². The van der Waals surface area contributed by atoms with Crippen LogP contribution in [0.25, 0.3) is 0 Å². The summed E-state index contributed by atoms with van der Waals surface area (Å²) in [6, 6.07) is 0. The highest BCUT2D eigenvalue weighted by Gasteiger charge is 2.29. The first kappa shape index (κ1) is 15.8. The second kappa shape index (κ2) is 6.76. The van der Waals surface area contributed by atoms with Crippen LogP contribution in [-0.4, -0.2) is 35.6 Å². The molecular formula is C10H14ClF3N4O. The molecule has 1 heterocycles. The van der Waals surface area contributed by atoms with E-state index >= 15 is 0 Å². The Hall–Kier alpha value is -1.28. The lowest BCUT2D eigenvalue weighted by Crippen LogP contribution is -2.31. The number of nitrogens with one attached hydrogen (secondary N) is 2. The van der Waals surface area contributed by atoms with Crippen LogP contribution in [0.15, 0.2) is 11.0 Å². The van der Waals surface area contributed by atoms with Crippen LogP contribution in [0.1, 0.15) is 6.92 Å².